The van der Waals surface area contributed by atoms with Crippen LogP contribution in [0.3, 0.4) is 0 Å². The van der Waals surface area contributed by atoms with Gasteiger partial charge in [-0.2, -0.15) is 0 Å². The summed E-state index contributed by atoms with van der Waals surface area (Å²) in [6, 6.07) is 9.42. The Balaban J connectivity index is 1.67. The van der Waals surface area contributed by atoms with Gasteiger partial charge in [0.1, 0.15) is 5.76 Å². The zero-order valence-corrected chi connectivity index (χ0v) is 17.0. The molecule has 0 bridgehead atoms. The highest BCUT2D eigenvalue weighted by molar-refractivity contribution is 7.89. The van der Waals surface area contributed by atoms with Crippen LogP contribution >= 0.6 is 0 Å². The Morgan fingerprint density at radius 3 is 2.61 bits per heavy atom. The zero-order chi connectivity index (χ0) is 20.5. The number of aliphatic hydroxyl groups excluding tert-OH is 1. The molecule has 28 heavy (non-hydrogen) atoms. The van der Waals surface area contributed by atoms with E-state index in [0.29, 0.717) is 17.3 Å². The van der Waals surface area contributed by atoms with E-state index in [-0.39, 0.29) is 31.2 Å². The van der Waals surface area contributed by atoms with Crippen LogP contribution < -0.4 is 0 Å². The summed E-state index contributed by atoms with van der Waals surface area (Å²) in [6.07, 6.45) is -0.820. The number of hydrogen-bond acceptors (Lipinski definition) is 6. The largest absolute Gasteiger partial charge is 0.441 e. The number of amides is 1. The number of aromatic nitrogens is 1. The molecule has 0 unspecified atom stereocenters. The molecule has 2 aromatic rings. The maximum atomic E-state index is 12.7. The molecular weight excluding hydrogens is 382 g/mol. The number of β-amino-alcohol motifs (C(OH)–C–C–N with tert-alkyl or cyclic N) is 1. The van der Waals surface area contributed by atoms with Crippen LogP contribution in [0, 0.1) is 12.8 Å². The number of likely N-dealkylation sites (tertiary alicyclic amines) is 1. The summed E-state index contributed by atoms with van der Waals surface area (Å²) >= 11 is 0. The Kier molecular flexibility index (Phi) is 5.87. The predicted molar refractivity (Wildman–Crippen MR) is 104 cm³/mol. The Morgan fingerprint density at radius 1 is 1.29 bits per heavy atom. The minimum absolute atomic E-state index is 0.0437. The molecule has 1 aromatic carbocycles. The first kappa shape index (κ1) is 20.5. The Bertz CT molecular complexity index is 940. The van der Waals surface area contributed by atoms with Gasteiger partial charge in [-0.15, -0.1) is 0 Å². The minimum Gasteiger partial charge on any atom is -0.441 e. The van der Waals surface area contributed by atoms with Crippen molar-refractivity contribution in [2.45, 2.75) is 19.4 Å². The number of carbonyl (C=O) groups excluding carboxylic acids is 1. The maximum Gasteiger partial charge on any atom is 0.228 e. The van der Waals surface area contributed by atoms with Gasteiger partial charge >= 0.3 is 0 Å². The van der Waals surface area contributed by atoms with Gasteiger partial charge in [-0.25, -0.2) is 17.7 Å². The summed E-state index contributed by atoms with van der Waals surface area (Å²) in [5, 5.41) is 10.2. The highest BCUT2D eigenvalue weighted by Gasteiger charge is 2.37. The van der Waals surface area contributed by atoms with Crippen LogP contribution in [0.25, 0.3) is 11.5 Å². The van der Waals surface area contributed by atoms with E-state index in [1.807, 2.05) is 30.3 Å². The van der Waals surface area contributed by atoms with Gasteiger partial charge in [-0.1, -0.05) is 18.2 Å². The second-order valence-corrected chi connectivity index (χ2v) is 9.48. The number of carbonyl (C=O) groups is 1. The molecule has 3 rings (SSSR count). The third-order valence-corrected chi connectivity index (χ3v) is 6.93. The molecule has 1 N–H and O–H groups in total. The molecule has 2 heterocycles. The van der Waals surface area contributed by atoms with E-state index in [2.05, 4.69) is 4.98 Å². The van der Waals surface area contributed by atoms with Crippen molar-refractivity contribution in [2.75, 3.05) is 32.9 Å². The number of benzene rings is 1. The fraction of sp³-hybridized carbons (Fsp3) is 0.474. The first-order valence-electron chi connectivity index (χ1n) is 9.05. The summed E-state index contributed by atoms with van der Waals surface area (Å²) in [5.41, 5.74) is 1.37. The van der Waals surface area contributed by atoms with Crippen LogP contribution in [-0.2, 0) is 21.2 Å². The number of rotatable bonds is 6. The van der Waals surface area contributed by atoms with E-state index in [4.69, 9.17) is 4.42 Å². The van der Waals surface area contributed by atoms with E-state index in [0.717, 1.165) is 9.87 Å². The highest BCUT2D eigenvalue weighted by Crippen LogP contribution is 2.24. The van der Waals surface area contributed by atoms with Crippen LogP contribution in [0.4, 0.5) is 0 Å². The van der Waals surface area contributed by atoms with Gasteiger partial charge in [-0.05, 0) is 19.1 Å². The number of hydrogen-bond donors (Lipinski definition) is 1. The highest BCUT2D eigenvalue weighted by atomic mass is 32.2. The molecule has 1 aliphatic rings. The number of aliphatic hydroxyl groups is 1. The summed E-state index contributed by atoms with van der Waals surface area (Å²) in [7, 11) is -0.537. The van der Waals surface area contributed by atoms with Crippen molar-refractivity contribution in [2.24, 2.45) is 5.92 Å². The van der Waals surface area contributed by atoms with Crippen molar-refractivity contribution in [3.8, 4) is 11.5 Å². The molecule has 1 aromatic heterocycles. The van der Waals surface area contributed by atoms with Gasteiger partial charge in [0.05, 0.1) is 24.0 Å². The predicted octanol–water partition coefficient (Wildman–Crippen LogP) is 0.903. The minimum atomic E-state index is -3.45. The standard InChI is InChI=1S/C19H25N3O5S/c1-13-16(20-19(27-13)14-7-5-4-6-8-14)9-18(24)22-10-15(17(23)11-22)12-28(25,26)21(2)3/h4-8,15,17,23H,9-12H2,1-3H3/t15-,17+/m0/s1. The summed E-state index contributed by atoms with van der Waals surface area (Å²) in [6.45, 7) is 2.08. The number of nitrogens with zero attached hydrogens (tertiary/aromatic N) is 3. The zero-order valence-electron chi connectivity index (χ0n) is 16.2. The van der Waals surface area contributed by atoms with E-state index >= 15 is 0 Å². The quantitative estimate of drug-likeness (QED) is 0.763. The van der Waals surface area contributed by atoms with Crippen LogP contribution in [0.15, 0.2) is 34.7 Å². The van der Waals surface area contributed by atoms with Crippen LogP contribution in [-0.4, -0.2) is 72.7 Å². The van der Waals surface area contributed by atoms with Crippen LogP contribution in [0.1, 0.15) is 11.5 Å². The van der Waals surface area contributed by atoms with E-state index in [1.165, 1.54) is 19.0 Å². The fourth-order valence-electron chi connectivity index (χ4n) is 3.19. The Hall–Kier alpha value is -2.23. The first-order valence-corrected chi connectivity index (χ1v) is 10.7. The second kappa shape index (κ2) is 8.02. The summed E-state index contributed by atoms with van der Waals surface area (Å²) in [4.78, 5) is 18.6. The lowest BCUT2D eigenvalue weighted by molar-refractivity contribution is -0.129. The van der Waals surface area contributed by atoms with Gasteiger partial charge < -0.3 is 14.4 Å². The van der Waals surface area contributed by atoms with Gasteiger partial charge in [0.2, 0.25) is 21.8 Å². The van der Waals surface area contributed by atoms with Gasteiger partial charge in [-0.3, -0.25) is 4.79 Å². The molecule has 8 nitrogen and oxygen atoms in total. The summed E-state index contributed by atoms with van der Waals surface area (Å²) in [5.74, 6) is 0.122. The van der Waals surface area contributed by atoms with Crippen molar-refractivity contribution in [1.82, 2.24) is 14.2 Å². The van der Waals surface area contributed by atoms with Crippen molar-refractivity contribution in [3.63, 3.8) is 0 Å². The Labute approximate surface area is 164 Å². The molecule has 152 valence electrons. The van der Waals surface area contributed by atoms with Crippen molar-refractivity contribution in [1.29, 1.82) is 0 Å². The lowest BCUT2D eigenvalue weighted by atomic mass is 10.1. The second-order valence-electron chi connectivity index (χ2n) is 7.25. The number of sulfonamides is 1. The molecule has 0 radical (unpaired) electrons. The molecule has 2 atom stereocenters. The normalized spacial score (nSPS) is 20.1. The number of oxazole rings is 1. The molecule has 1 fully saturated rings. The van der Waals surface area contributed by atoms with Gasteiger partial charge in [0.25, 0.3) is 0 Å². The van der Waals surface area contributed by atoms with Crippen molar-refractivity contribution < 1.29 is 22.7 Å². The molecule has 1 aliphatic heterocycles. The fourth-order valence-corrected chi connectivity index (χ4v) is 4.36. The van der Waals surface area contributed by atoms with Gasteiger partial charge in [0, 0.05) is 38.7 Å². The molecule has 1 saturated heterocycles. The van der Waals surface area contributed by atoms with E-state index < -0.39 is 22.0 Å². The monoisotopic (exact) mass is 407 g/mol. The lowest BCUT2D eigenvalue weighted by Gasteiger charge is -2.17. The van der Waals surface area contributed by atoms with Crippen molar-refractivity contribution in [3.05, 3.63) is 41.8 Å². The molecule has 9 heteroatoms. The van der Waals surface area contributed by atoms with Crippen LogP contribution in [0.5, 0.6) is 0 Å². The molecule has 0 spiro atoms. The van der Waals surface area contributed by atoms with E-state index in [9.17, 15) is 18.3 Å². The van der Waals surface area contributed by atoms with Crippen LogP contribution in [0.2, 0.25) is 0 Å². The molecule has 1 amide bonds. The molecule has 0 aliphatic carbocycles. The first-order chi connectivity index (χ1) is 13.2. The molecular formula is C19H25N3O5S. The van der Waals surface area contributed by atoms with Gasteiger partial charge in [0.15, 0.2) is 0 Å². The Morgan fingerprint density at radius 2 is 1.96 bits per heavy atom. The maximum absolute atomic E-state index is 12.7. The average molecular weight is 407 g/mol. The lowest BCUT2D eigenvalue weighted by Crippen LogP contribution is -2.34. The summed E-state index contributed by atoms with van der Waals surface area (Å²) < 4.78 is 31.0. The SMILES string of the molecule is Cc1oc(-c2ccccc2)nc1CC(=O)N1C[C@@H](CS(=O)(=O)N(C)C)[C@H](O)C1. The smallest absolute Gasteiger partial charge is 0.228 e. The van der Waals surface area contributed by atoms with E-state index in [1.54, 1.807) is 6.92 Å². The topological polar surface area (TPSA) is 104 Å². The molecule has 0 saturated carbocycles. The third kappa shape index (κ3) is 4.43. The third-order valence-electron chi connectivity index (χ3n) is 4.97. The number of aryl methyl sites for hydroxylation is 1. The average Bonchev–Trinajstić information content (AvgIpc) is 3.18. The van der Waals surface area contributed by atoms with Crippen molar-refractivity contribution >= 4 is 15.9 Å².